The Balaban J connectivity index is 1.48. The molecule has 0 unspecified atom stereocenters. The van der Waals surface area contributed by atoms with Crippen LogP contribution in [0.2, 0.25) is 0 Å². The lowest BCUT2D eigenvalue weighted by Crippen LogP contribution is -2.45. The average molecular weight is 585 g/mol. The molecule has 0 amide bonds. The first-order valence-electron chi connectivity index (χ1n) is 13.4. The predicted molar refractivity (Wildman–Crippen MR) is 155 cm³/mol. The summed E-state index contributed by atoms with van der Waals surface area (Å²) in [5.74, 6) is 1.47. The van der Waals surface area contributed by atoms with Gasteiger partial charge in [0.15, 0.2) is 0 Å². The number of methoxy groups -OCH3 is 1. The van der Waals surface area contributed by atoms with Gasteiger partial charge in [0.1, 0.15) is 24.7 Å². The van der Waals surface area contributed by atoms with Gasteiger partial charge in [0, 0.05) is 57.6 Å². The molecule has 1 saturated heterocycles. The third-order valence-electron chi connectivity index (χ3n) is 6.16. The zero-order valence-corrected chi connectivity index (χ0v) is 23.3. The number of aromatic nitrogens is 3. The van der Waals surface area contributed by atoms with E-state index < -0.39 is 0 Å². The van der Waals surface area contributed by atoms with Gasteiger partial charge >= 0.3 is 0 Å². The second-order valence-corrected chi connectivity index (χ2v) is 9.24. The monoisotopic (exact) mass is 584 g/mol. The predicted octanol–water partition coefficient (Wildman–Crippen LogP) is 2.74. The molecule has 2 heterocycles. The Bertz CT molecular complexity index is 1280. The topological polar surface area (TPSA) is 203 Å². The number of azo groups is 1. The standard InChI is InChI=1S/C26H36N10O6/c1-40-23-15-20(2-3-22(23)35-34-21-13-18(16-41-38)12-19(14-21)17-42-39)30-26-32-24(31-25(33-26)29-7-11-37)28-6-10-36-8-4-27-5-9-36/h2-3,12-15,27,37-39H,4-11,16-17H2,1H3,(H3,28,29,30,31,32,33). The van der Waals surface area contributed by atoms with Crippen molar-refractivity contribution in [1.29, 1.82) is 0 Å². The van der Waals surface area contributed by atoms with Crippen LogP contribution in [0.5, 0.6) is 5.75 Å². The summed E-state index contributed by atoms with van der Waals surface area (Å²) in [5, 5.41) is 48.2. The number of rotatable bonds is 16. The van der Waals surface area contributed by atoms with Crippen LogP contribution in [0.15, 0.2) is 46.6 Å². The van der Waals surface area contributed by atoms with Crippen molar-refractivity contribution in [2.75, 3.05) is 75.5 Å². The number of hydrogen-bond donors (Lipinski definition) is 7. The maximum Gasteiger partial charge on any atom is 0.233 e. The molecule has 42 heavy (non-hydrogen) atoms. The van der Waals surface area contributed by atoms with Crippen molar-refractivity contribution in [3.05, 3.63) is 47.5 Å². The zero-order valence-electron chi connectivity index (χ0n) is 23.3. The van der Waals surface area contributed by atoms with E-state index in [1.807, 2.05) is 0 Å². The van der Waals surface area contributed by atoms with Crippen LogP contribution in [-0.2, 0) is 23.0 Å². The van der Waals surface area contributed by atoms with Crippen molar-refractivity contribution < 1.29 is 30.1 Å². The van der Waals surface area contributed by atoms with E-state index >= 15 is 0 Å². The maximum atomic E-state index is 9.23. The summed E-state index contributed by atoms with van der Waals surface area (Å²) >= 11 is 0. The third kappa shape index (κ3) is 9.52. The summed E-state index contributed by atoms with van der Waals surface area (Å²) in [6, 6.07) is 10.3. The SMILES string of the molecule is COc1cc(Nc2nc(NCCO)nc(NCCN3CCNCC3)n2)ccc1N=Nc1cc(COO)cc(COO)c1. The van der Waals surface area contributed by atoms with E-state index in [2.05, 4.69) is 61.1 Å². The highest BCUT2D eigenvalue weighted by molar-refractivity contribution is 5.64. The Labute approximate surface area is 242 Å². The summed E-state index contributed by atoms with van der Waals surface area (Å²) in [7, 11) is 1.52. The molecular weight excluding hydrogens is 548 g/mol. The minimum absolute atomic E-state index is 0.0623. The van der Waals surface area contributed by atoms with Gasteiger partial charge in [-0.3, -0.25) is 15.4 Å². The Morgan fingerprint density at radius 3 is 2.19 bits per heavy atom. The molecule has 3 aromatic rings. The molecule has 0 atom stereocenters. The van der Waals surface area contributed by atoms with E-state index in [1.165, 1.54) is 7.11 Å². The summed E-state index contributed by atoms with van der Waals surface area (Å²) in [4.78, 5) is 24.1. The molecule has 0 aliphatic carbocycles. The molecule has 16 nitrogen and oxygen atoms in total. The van der Waals surface area contributed by atoms with E-state index in [0.717, 1.165) is 32.7 Å². The molecule has 1 aromatic heterocycles. The molecule has 0 bridgehead atoms. The highest BCUT2D eigenvalue weighted by Crippen LogP contribution is 2.33. The van der Waals surface area contributed by atoms with Gasteiger partial charge in [0.05, 0.1) is 19.4 Å². The third-order valence-corrected chi connectivity index (χ3v) is 6.16. The molecule has 226 valence electrons. The van der Waals surface area contributed by atoms with E-state index in [9.17, 15) is 5.11 Å². The second-order valence-electron chi connectivity index (χ2n) is 9.24. The normalized spacial score (nSPS) is 13.8. The van der Waals surface area contributed by atoms with Gasteiger partial charge in [-0.25, -0.2) is 9.78 Å². The van der Waals surface area contributed by atoms with Crippen LogP contribution in [0, 0.1) is 0 Å². The number of ether oxygens (including phenoxy) is 1. The smallest absolute Gasteiger partial charge is 0.233 e. The lowest BCUT2D eigenvalue weighted by Gasteiger charge is -2.27. The summed E-state index contributed by atoms with van der Waals surface area (Å²) in [5.41, 5.74) is 2.81. The highest BCUT2D eigenvalue weighted by Gasteiger charge is 2.12. The van der Waals surface area contributed by atoms with Gasteiger partial charge in [-0.05, 0) is 35.4 Å². The lowest BCUT2D eigenvalue weighted by atomic mass is 10.1. The van der Waals surface area contributed by atoms with Crippen LogP contribution >= 0.6 is 0 Å². The van der Waals surface area contributed by atoms with Gasteiger partial charge in [-0.1, -0.05) is 6.07 Å². The van der Waals surface area contributed by atoms with Crippen molar-refractivity contribution in [1.82, 2.24) is 25.2 Å². The summed E-state index contributed by atoms with van der Waals surface area (Å²) < 4.78 is 5.53. The minimum Gasteiger partial charge on any atom is -0.494 e. The minimum atomic E-state index is -0.0660. The van der Waals surface area contributed by atoms with Crippen molar-refractivity contribution in [3.63, 3.8) is 0 Å². The number of anilines is 4. The number of aliphatic hydroxyl groups is 1. The number of benzene rings is 2. The summed E-state index contributed by atoms with van der Waals surface area (Å²) in [6.07, 6.45) is 0. The molecule has 0 radical (unpaired) electrons. The number of aliphatic hydroxyl groups excluding tert-OH is 1. The van der Waals surface area contributed by atoms with Crippen LogP contribution in [-0.4, -0.2) is 95.0 Å². The van der Waals surface area contributed by atoms with Crippen molar-refractivity contribution in [2.45, 2.75) is 13.2 Å². The van der Waals surface area contributed by atoms with Crippen LogP contribution < -0.4 is 26.0 Å². The van der Waals surface area contributed by atoms with Crippen molar-refractivity contribution in [2.24, 2.45) is 10.2 Å². The van der Waals surface area contributed by atoms with Crippen LogP contribution in [0.25, 0.3) is 0 Å². The first kappa shape index (κ1) is 30.9. The fourth-order valence-electron chi connectivity index (χ4n) is 4.21. The zero-order chi connectivity index (χ0) is 29.6. The Hall–Kier alpha value is -4.03. The van der Waals surface area contributed by atoms with Gasteiger partial charge < -0.3 is 31.1 Å². The van der Waals surface area contributed by atoms with E-state index in [1.54, 1.807) is 36.4 Å². The molecule has 0 saturated carbocycles. The molecule has 0 spiro atoms. The van der Waals surface area contributed by atoms with Crippen LogP contribution in [0.4, 0.5) is 34.9 Å². The molecular formula is C26H36N10O6. The lowest BCUT2D eigenvalue weighted by molar-refractivity contribution is -0.254. The van der Waals surface area contributed by atoms with E-state index in [0.29, 0.717) is 64.9 Å². The number of nitrogens with zero attached hydrogens (tertiary/aromatic N) is 6. The first-order valence-corrected chi connectivity index (χ1v) is 13.4. The molecule has 1 fully saturated rings. The molecule has 2 aromatic carbocycles. The van der Waals surface area contributed by atoms with Gasteiger partial charge in [0.2, 0.25) is 17.8 Å². The number of hydrogen-bond acceptors (Lipinski definition) is 16. The fourth-order valence-corrected chi connectivity index (χ4v) is 4.21. The number of piperazine rings is 1. The maximum absolute atomic E-state index is 9.23. The molecule has 1 aliphatic rings. The Morgan fingerprint density at radius 1 is 0.881 bits per heavy atom. The average Bonchev–Trinajstić information content (AvgIpc) is 3.00. The first-order chi connectivity index (χ1) is 20.6. The molecule has 7 N–H and O–H groups in total. The van der Waals surface area contributed by atoms with Crippen LogP contribution in [0.1, 0.15) is 11.1 Å². The Kier molecular flexibility index (Phi) is 12.1. The van der Waals surface area contributed by atoms with Crippen LogP contribution in [0.3, 0.4) is 0 Å². The quantitative estimate of drug-likeness (QED) is 0.0735. The summed E-state index contributed by atoms with van der Waals surface area (Å²) in [6.45, 7) is 5.58. The van der Waals surface area contributed by atoms with E-state index in [-0.39, 0.29) is 19.8 Å². The van der Waals surface area contributed by atoms with Crippen molar-refractivity contribution >= 4 is 34.9 Å². The fraction of sp³-hybridized carbons (Fsp3) is 0.423. The highest BCUT2D eigenvalue weighted by atomic mass is 17.1. The molecule has 16 heteroatoms. The largest absolute Gasteiger partial charge is 0.494 e. The van der Waals surface area contributed by atoms with Gasteiger partial charge in [-0.2, -0.15) is 20.1 Å². The van der Waals surface area contributed by atoms with E-state index in [4.69, 9.17) is 15.3 Å². The second kappa shape index (κ2) is 16.4. The Morgan fingerprint density at radius 2 is 1.55 bits per heavy atom. The van der Waals surface area contributed by atoms with Gasteiger partial charge in [-0.15, -0.1) is 5.11 Å². The van der Waals surface area contributed by atoms with Crippen molar-refractivity contribution in [3.8, 4) is 5.75 Å². The van der Waals surface area contributed by atoms with Gasteiger partial charge in [0.25, 0.3) is 0 Å². The molecule has 1 aliphatic heterocycles. The number of nitrogens with one attached hydrogen (secondary N) is 4. The molecule has 4 rings (SSSR count).